The van der Waals surface area contributed by atoms with Crippen LogP contribution in [0.15, 0.2) is 69.4 Å². The molecule has 0 saturated heterocycles. The summed E-state index contributed by atoms with van der Waals surface area (Å²) in [6, 6.07) is 5.72. The summed E-state index contributed by atoms with van der Waals surface area (Å²) in [6.45, 7) is 8.11. The zero-order valence-corrected chi connectivity index (χ0v) is 21.8. The molecule has 1 aromatic rings. The molecule has 1 aromatic heterocycles. The maximum Gasteiger partial charge on any atom is 0.160 e. The van der Waals surface area contributed by atoms with E-state index in [1.165, 1.54) is 39.8 Å². The summed E-state index contributed by atoms with van der Waals surface area (Å²) < 4.78 is 0. The van der Waals surface area contributed by atoms with Gasteiger partial charge in [-0.1, -0.05) is 33.6 Å². The summed E-state index contributed by atoms with van der Waals surface area (Å²) in [5.41, 5.74) is 1.25. The number of nitrogens with zero attached hydrogens (tertiary/aromatic N) is 5. The fourth-order valence-electron chi connectivity index (χ4n) is 2.71. The fourth-order valence-corrected chi connectivity index (χ4v) is 2.71. The fraction of sp³-hybridized carbons (Fsp3) is 0.375. The Balaban J connectivity index is 0. The molecule has 4 N–H and O–H groups in total. The average Bonchev–Trinajstić information content (AvgIpc) is 2.91. The molecule has 11 nitrogen and oxygen atoms in total. The third-order valence-corrected chi connectivity index (χ3v) is 5.04. The quantitative estimate of drug-likeness (QED) is 0.189. The van der Waals surface area contributed by atoms with Gasteiger partial charge in [0.15, 0.2) is 11.6 Å². The number of ketones is 2. The molecule has 0 amide bonds. The van der Waals surface area contributed by atoms with Gasteiger partial charge in [-0.3, -0.25) is 20.6 Å². The van der Waals surface area contributed by atoms with Crippen LogP contribution in [0.5, 0.6) is 0 Å². The molecule has 0 fully saturated rings. The molecule has 3 atom stereocenters. The Morgan fingerprint density at radius 1 is 0.806 bits per heavy atom. The SMILES string of the molecule is CC(=N/O)/C(C)=N/O.CC(=N\O)/C(C)=N/O.C[C@H]1C=[C-]C[C@@H]2C(=O)C=CC(=O)[C@@H]21.[Co].c1ccncc1. The molecule has 1 radical (unpaired) electrons. The van der Waals surface area contributed by atoms with E-state index in [0.717, 1.165) is 0 Å². The van der Waals surface area contributed by atoms with Crippen molar-refractivity contribution >= 4 is 34.4 Å². The predicted octanol–water partition coefficient (Wildman–Crippen LogP) is 3.78. The van der Waals surface area contributed by atoms with E-state index in [2.05, 4.69) is 31.7 Å². The Hall–Kier alpha value is -3.64. The first-order chi connectivity index (χ1) is 16.6. The van der Waals surface area contributed by atoms with Crippen molar-refractivity contribution in [1.29, 1.82) is 0 Å². The monoisotopic (exact) mass is 545 g/mol. The summed E-state index contributed by atoms with van der Waals surface area (Å²) in [7, 11) is 0. The van der Waals surface area contributed by atoms with Crippen molar-refractivity contribution in [3.8, 4) is 0 Å². The maximum atomic E-state index is 11.5. The first-order valence-corrected chi connectivity index (χ1v) is 10.6. The summed E-state index contributed by atoms with van der Waals surface area (Å²) in [6.07, 6.45) is 11.9. The number of allylic oxidation sites excluding steroid dienone is 4. The summed E-state index contributed by atoms with van der Waals surface area (Å²) in [4.78, 5) is 26.7. The van der Waals surface area contributed by atoms with Gasteiger partial charge in [-0.2, -0.15) is 6.42 Å². The second-order valence-electron chi connectivity index (χ2n) is 7.47. The number of rotatable bonds is 2. The largest absolute Gasteiger partial charge is 0.500 e. The molecular weight excluding hydrogens is 513 g/mol. The Bertz CT molecular complexity index is 899. The number of carbonyl (C=O) groups is 2. The molecule has 1 heterocycles. The van der Waals surface area contributed by atoms with Gasteiger partial charge >= 0.3 is 0 Å². The van der Waals surface area contributed by atoms with E-state index >= 15 is 0 Å². The van der Waals surface area contributed by atoms with Crippen molar-refractivity contribution in [2.75, 3.05) is 0 Å². The number of carbonyl (C=O) groups excluding carboxylic acids is 2. The molecule has 36 heavy (non-hydrogen) atoms. The molecule has 0 aromatic carbocycles. The van der Waals surface area contributed by atoms with Crippen LogP contribution in [0.1, 0.15) is 41.0 Å². The maximum absolute atomic E-state index is 11.5. The van der Waals surface area contributed by atoms with Gasteiger partial charge in [-0.25, -0.2) is 0 Å². The Labute approximate surface area is 220 Å². The van der Waals surface area contributed by atoms with Crippen molar-refractivity contribution in [3.63, 3.8) is 0 Å². The van der Waals surface area contributed by atoms with Gasteiger partial charge < -0.3 is 26.9 Å². The minimum Gasteiger partial charge on any atom is -0.500 e. The first kappa shape index (κ1) is 34.5. The van der Waals surface area contributed by atoms with Crippen LogP contribution in [0.3, 0.4) is 0 Å². The van der Waals surface area contributed by atoms with E-state index in [1.807, 2.05) is 31.2 Å². The molecule has 2 aliphatic carbocycles. The number of oxime groups is 4. The number of aromatic nitrogens is 1. The summed E-state index contributed by atoms with van der Waals surface area (Å²) in [5.74, 6) is 0.0586. The molecular formula is C24H32CoN5O6-. The van der Waals surface area contributed by atoms with E-state index in [9.17, 15) is 9.59 Å². The number of fused-ring (bicyclic) bond motifs is 1. The summed E-state index contributed by atoms with van der Waals surface area (Å²) in [5, 5.41) is 43.3. The van der Waals surface area contributed by atoms with E-state index in [-0.39, 0.29) is 46.1 Å². The van der Waals surface area contributed by atoms with E-state index in [4.69, 9.17) is 20.8 Å². The van der Waals surface area contributed by atoms with Crippen LogP contribution in [0.4, 0.5) is 0 Å². The van der Waals surface area contributed by atoms with Gasteiger partial charge in [-0.05, 0) is 57.9 Å². The first-order valence-electron chi connectivity index (χ1n) is 10.6. The summed E-state index contributed by atoms with van der Waals surface area (Å²) >= 11 is 0. The van der Waals surface area contributed by atoms with Crippen molar-refractivity contribution in [1.82, 2.24) is 4.98 Å². The predicted molar refractivity (Wildman–Crippen MR) is 132 cm³/mol. The van der Waals surface area contributed by atoms with Crippen LogP contribution in [-0.2, 0) is 26.4 Å². The number of hydrogen-bond donors (Lipinski definition) is 4. The topological polar surface area (TPSA) is 177 Å². The Kier molecular flexibility index (Phi) is 18.8. The zero-order chi connectivity index (χ0) is 26.8. The zero-order valence-electron chi connectivity index (χ0n) is 20.7. The molecule has 0 bridgehead atoms. The minimum absolute atomic E-state index is 0. The number of pyridine rings is 1. The second-order valence-corrected chi connectivity index (χ2v) is 7.47. The molecule has 199 valence electrons. The van der Waals surface area contributed by atoms with Crippen LogP contribution in [0.25, 0.3) is 0 Å². The van der Waals surface area contributed by atoms with Crippen LogP contribution in [0.2, 0.25) is 0 Å². The number of hydrogen-bond acceptors (Lipinski definition) is 11. The average molecular weight is 545 g/mol. The molecule has 0 saturated carbocycles. The van der Waals surface area contributed by atoms with Gasteiger partial charge in [0.05, 0.1) is 0 Å². The normalized spacial score (nSPS) is 21.3. The van der Waals surface area contributed by atoms with Crippen LogP contribution in [-0.4, -0.2) is 60.2 Å². The van der Waals surface area contributed by atoms with Crippen molar-refractivity contribution < 1.29 is 47.2 Å². The van der Waals surface area contributed by atoms with Crippen molar-refractivity contribution in [2.45, 2.75) is 41.0 Å². The molecule has 0 aliphatic heterocycles. The van der Waals surface area contributed by atoms with Crippen molar-refractivity contribution in [3.05, 3.63) is 54.9 Å². The van der Waals surface area contributed by atoms with Crippen LogP contribution < -0.4 is 0 Å². The second kappa shape index (κ2) is 19.6. The Morgan fingerprint density at radius 2 is 1.22 bits per heavy atom. The Morgan fingerprint density at radius 3 is 1.53 bits per heavy atom. The van der Waals surface area contributed by atoms with Crippen LogP contribution in [0, 0.1) is 23.8 Å². The van der Waals surface area contributed by atoms with Gasteiger partial charge in [0.2, 0.25) is 0 Å². The van der Waals surface area contributed by atoms with Gasteiger partial charge in [0.25, 0.3) is 0 Å². The molecule has 2 aliphatic rings. The van der Waals surface area contributed by atoms with Gasteiger partial charge in [-0.15, -0.1) is 0 Å². The van der Waals surface area contributed by atoms with Crippen molar-refractivity contribution in [2.24, 2.45) is 38.4 Å². The smallest absolute Gasteiger partial charge is 0.160 e. The van der Waals surface area contributed by atoms with Gasteiger partial charge in [0, 0.05) is 41.0 Å². The molecule has 3 rings (SSSR count). The van der Waals surface area contributed by atoms with E-state index in [1.54, 1.807) is 12.4 Å². The van der Waals surface area contributed by atoms with E-state index in [0.29, 0.717) is 29.3 Å². The molecule has 0 unspecified atom stereocenters. The van der Waals surface area contributed by atoms with E-state index < -0.39 is 0 Å². The minimum atomic E-state index is -0.141. The van der Waals surface area contributed by atoms with Crippen LogP contribution >= 0.6 is 0 Å². The third-order valence-electron chi connectivity index (χ3n) is 5.04. The van der Waals surface area contributed by atoms with Gasteiger partial charge in [0.1, 0.15) is 22.8 Å². The standard InChI is InChI=1S/C11H11O2.C5H5N.2C4H8N2O2.Co/c1-7-3-2-4-8-9(12)5-6-10(13)11(7)8;1-2-4-6-5-3-1;2*1-3(5-7)4(2)6-8;/h3,5-8,11H,4H2,1H3;1-5H;2*7-8H,1-2H3;/q-1;;;;/b;;5-3+,6-4+;5-3-,6-4+;/t7-,8+,11+;;;;/m0..../s1. The third kappa shape index (κ3) is 12.7. The molecule has 12 heteroatoms. The molecule has 0 spiro atoms.